The average Bonchev–Trinajstić information content (AvgIpc) is 2.61. The Hall–Kier alpha value is -2.75. The van der Waals surface area contributed by atoms with Gasteiger partial charge in [-0.05, 0) is 54.8 Å². The van der Waals surface area contributed by atoms with E-state index in [0.29, 0.717) is 0 Å². The molecule has 0 bridgehead atoms. The van der Waals surface area contributed by atoms with Gasteiger partial charge in [0.1, 0.15) is 5.75 Å². The molecule has 22 heavy (non-hydrogen) atoms. The van der Waals surface area contributed by atoms with E-state index in [2.05, 4.69) is 15.0 Å². The number of hydrogen-bond acceptors (Lipinski definition) is 4. The quantitative estimate of drug-likeness (QED) is 0.723. The van der Waals surface area contributed by atoms with Gasteiger partial charge in [0.05, 0.1) is 24.7 Å². The maximum Gasteiger partial charge on any atom is 0.118 e. The van der Waals surface area contributed by atoms with Crippen LogP contribution in [0.2, 0.25) is 0 Å². The van der Waals surface area contributed by atoms with E-state index in [1.54, 1.807) is 7.11 Å². The van der Waals surface area contributed by atoms with Crippen molar-refractivity contribution < 1.29 is 4.74 Å². The van der Waals surface area contributed by atoms with Gasteiger partial charge in [0.15, 0.2) is 0 Å². The minimum Gasteiger partial charge on any atom is -0.497 e. The molecule has 0 saturated heterocycles. The first kappa shape index (κ1) is 14.2. The van der Waals surface area contributed by atoms with Crippen molar-refractivity contribution >= 4 is 0 Å². The lowest BCUT2D eigenvalue weighted by Crippen LogP contribution is -1.96. The third-order valence-corrected chi connectivity index (χ3v) is 3.51. The Kier molecular flexibility index (Phi) is 4.39. The van der Waals surface area contributed by atoms with Gasteiger partial charge in [0.25, 0.3) is 0 Å². The molecule has 0 spiro atoms. The first-order valence-electron chi connectivity index (χ1n) is 7.19. The van der Waals surface area contributed by atoms with Crippen LogP contribution in [0, 0.1) is 0 Å². The first-order valence-corrected chi connectivity index (χ1v) is 7.19. The second-order valence-electron chi connectivity index (χ2n) is 4.98. The lowest BCUT2D eigenvalue weighted by atomic mass is 10.1. The van der Waals surface area contributed by atoms with Crippen molar-refractivity contribution in [3.05, 3.63) is 72.4 Å². The number of pyridine rings is 1. The average molecular weight is 291 g/mol. The molecule has 0 aliphatic carbocycles. The van der Waals surface area contributed by atoms with Crippen LogP contribution in [0.15, 0.2) is 61.2 Å². The van der Waals surface area contributed by atoms with Gasteiger partial charge in [-0.25, -0.2) is 0 Å². The Bertz CT molecular complexity index is 710. The van der Waals surface area contributed by atoms with E-state index in [4.69, 9.17) is 4.74 Å². The van der Waals surface area contributed by atoms with Gasteiger partial charge in [-0.2, -0.15) is 0 Å². The van der Waals surface area contributed by atoms with Crippen molar-refractivity contribution in [1.82, 2.24) is 15.0 Å². The third kappa shape index (κ3) is 3.47. The molecule has 0 N–H and O–H groups in total. The van der Waals surface area contributed by atoms with Crippen LogP contribution in [0.1, 0.15) is 11.3 Å². The zero-order valence-electron chi connectivity index (χ0n) is 12.4. The summed E-state index contributed by atoms with van der Waals surface area (Å²) >= 11 is 0. The Labute approximate surface area is 129 Å². The van der Waals surface area contributed by atoms with Gasteiger partial charge < -0.3 is 4.74 Å². The molecule has 0 amide bonds. The molecule has 0 atom stereocenters. The smallest absolute Gasteiger partial charge is 0.118 e. The summed E-state index contributed by atoms with van der Waals surface area (Å²) in [5, 5.41) is 0. The predicted octanol–water partition coefficient (Wildman–Crippen LogP) is 3.33. The van der Waals surface area contributed by atoms with Gasteiger partial charge in [-0.15, -0.1) is 0 Å². The highest BCUT2D eigenvalue weighted by Gasteiger charge is 2.02. The lowest BCUT2D eigenvalue weighted by molar-refractivity contribution is 0.415. The van der Waals surface area contributed by atoms with E-state index in [-0.39, 0.29) is 0 Å². The summed E-state index contributed by atoms with van der Waals surface area (Å²) in [6.45, 7) is 0. The van der Waals surface area contributed by atoms with Crippen LogP contribution in [0.25, 0.3) is 11.3 Å². The summed E-state index contributed by atoms with van der Waals surface area (Å²) in [7, 11) is 1.66. The van der Waals surface area contributed by atoms with Gasteiger partial charge in [0, 0.05) is 24.2 Å². The fourth-order valence-corrected chi connectivity index (χ4v) is 2.22. The highest BCUT2D eigenvalue weighted by atomic mass is 16.5. The van der Waals surface area contributed by atoms with E-state index < -0.39 is 0 Å². The molecular weight excluding hydrogens is 274 g/mol. The molecule has 0 fully saturated rings. The topological polar surface area (TPSA) is 47.9 Å². The monoisotopic (exact) mass is 291 g/mol. The standard InChI is InChI=1S/C18H17N3O/c1-22-17-6-3-15(4-7-17)18-13-20-16(12-21-18)5-2-14-8-10-19-11-9-14/h3-4,6-13H,2,5H2,1H3. The van der Waals surface area contributed by atoms with Gasteiger partial charge in [-0.1, -0.05) is 0 Å². The number of hydrogen-bond donors (Lipinski definition) is 0. The second kappa shape index (κ2) is 6.80. The van der Waals surface area contributed by atoms with Crippen molar-refractivity contribution in [2.24, 2.45) is 0 Å². The molecule has 1 aromatic carbocycles. The molecule has 4 heteroatoms. The Morgan fingerprint density at radius 1 is 0.864 bits per heavy atom. The first-order chi connectivity index (χ1) is 10.8. The van der Waals surface area contributed by atoms with Crippen molar-refractivity contribution in [3.8, 4) is 17.0 Å². The van der Waals surface area contributed by atoms with Gasteiger partial charge in [0.2, 0.25) is 0 Å². The molecule has 0 aliphatic heterocycles. The van der Waals surface area contributed by atoms with Crippen LogP contribution in [-0.4, -0.2) is 22.1 Å². The minimum absolute atomic E-state index is 0.839. The van der Waals surface area contributed by atoms with Crippen molar-refractivity contribution in [2.75, 3.05) is 7.11 Å². The Morgan fingerprint density at radius 3 is 2.27 bits per heavy atom. The largest absolute Gasteiger partial charge is 0.497 e. The summed E-state index contributed by atoms with van der Waals surface area (Å²) in [5.74, 6) is 0.839. The number of aromatic nitrogens is 3. The molecule has 4 nitrogen and oxygen atoms in total. The zero-order chi connectivity index (χ0) is 15.2. The van der Waals surface area contributed by atoms with E-state index in [1.807, 2.05) is 61.2 Å². The highest BCUT2D eigenvalue weighted by Crippen LogP contribution is 2.19. The fourth-order valence-electron chi connectivity index (χ4n) is 2.22. The van der Waals surface area contributed by atoms with Crippen LogP contribution >= 0.6 is 0 Å². The highest BCUT2D eigenvalue weighted by molar-refractivity contribution is 5.58. The fraction of sp³-hybridized carbons (Fsp3) is 0.167. The Morgan fingerprint density at radius 2 is 1.64 bits per heavy atom. The number of aryl methyl sites for hydroxylation is 2. The Balaban J connectivity index is 1.67. The molecule has 0 aliphatic rings. The molecule has 2 aromatic heterocycles. The molecule has 0 radical (unpaired) electrons. The van der Waals surface area contributed by atoms with Crippen LogP contribution in [0.5, 0.6) is 5.75 Å². The second-order valence-corrected chi connectivity index (χ2v) is 4.98. The minimum atomic E-state index is 0.839. The molecule has 0 unspecified atom stereocenters. The van der Waals surface area contributed by atoms with Gasteiger partial charge in [-0.3, -0.25) is 15.0 Å². The summed E-state index contributed by atoms with van der Waals surface area (Å²) in [4.78, 5) is 13.0. The van der Waals surface area contributed by atoms with E-state index in [1.165, 1.54) is 5.56 Å². The molecular formula is C18H17N3O. The zero-order valence-corrected chi connectivity index (χ0v) is 12.4. The van der Waals surface area contributed by atoms with Crippen molar-refractivity contribution in [1.29, 1.82) is 0 Å². The summed E-state index contributed by atoms with van der Waals surface area (Å²) < 4.78 is 5.16. The number of nitrogens with zero attached hydrogens (tertiary/aromatic N) is 3. The number of rotatable bonds is 5. The number of benzene rings is 1. The summed E-state index contributed by atoms with van der Waals surface area (Å²) in [6.07, 6.45) is 9.12. The third-order valence-electron chi connectivity index (χ3n) is 3.51. The van der Waals surface area contributed by atoms with Crippen molar-refractivity contribution in [3.63, 3.8) is 0 Å². The summed E-state index contributed by atoms with van der Waals surface area (Å²) in [6, 6.07) is 11.9. The maximum atomic E-state index is 5.16. The van der Waals surface area contributed by atoms with Crippen molar-refractivity contribution in [2.45, 2.75) is 12.8 Å². The number of methoxy groups -OCH3 is 1. The van der Waals surface area contributed by atoms with Crippen LogP contribution < -0.4 is 4.74 Å². The lowest BCUT2D eigenvalue weighted by Gasteiger charge is -2.04. The van der Waals surface area contributed by atoms with Crippen LogP contribution in [-0.2, 0) is 12.8 Å². The van der Waals surface area contributed by atoms with Gasteiger partial charge >= 0.3 is 0 Å². The van der Waals surface area contributed by atoms with Crippen LogP contribution in [0.4, 0.5) is 0 Å². The predicted molar refractivity (Wildman–Crippen MR) is 85.7 cm³/mol. The van der Waals surface area contributed by atoms with E-state index in [9.17, 15) is 0 Å². The molecule has 2 heterocycles. The maximum absolute atomic E-state index is 5.16. The van der Waals surface area contributed by atoms with Crippen LogP contribution in [0.3, 0.4) is 0 Å². The summed E-state index contributed by atoms with van der Waals surface area (Å²) in [5.41, 5.74) is 4.16. The molecule has 3 aromatic rings. The normalized spacial score (nSPS) is 10.4. The molecule has 110 valence electrons. The molecule has 0 saturated carbocycles. The van der Waals surface area contributed by atoms with E-state index >= 15 is 0 Å². The number of ether oxygens (including phenoxy) is 1. The SMILES string of the molecule is COc1ccc(-c2cnc(CCc3ccncc3)cn2)cc1. The van der Waals surface area contributed by atoms with E-state index in [0.717, 1.165) is 35.5 Å². The molecule has 3 rings (SSSR count).